The Balaban J connectivity index is 1.32. The molecule has 50 heavy (non-hydrogen) atoms. The summed E-state index contributed by atoms with van der Waals surface area (Å²) in [6.07, 6.45) is 0. The molecule has 0 amide bonds. The zero-order valence-corrected chi connectivity index (χ0v) is 27.0. The van der Waals surface area contributed by atoms with Gasteiger partial charge in [0.15, 0.2) is 0 Å². The number of hydrogen-bond acceptors (Lipinski definition) is 2. The van der Waals surface area contributed by atoms with E-state index in [-0.39, 0.29) is 0 Å². The van der Waals surface area contributed by atoms with Crippen molar-refractivity contribution in [3.8, 4) is 33.4 Å². The summed E-state index contributed by atoms with van der Waals surface area (Å²) in [5.74, 6) is 0. The summed E-state index contributed by atoms with van der Waals surface area (Å²) in [6, 6.07) is 60.8. The molecule has 2 nitrogen and oxygen atoms in total. The third-order valence-corrected chi connectivity index (χ3v) is 10.4. The third-order valence-electron chi connectivity index (χ3n) is 10.4. The number of rotatable bonds is 3. The van der Waals surface area contributed by atoms with Crippen molar-refractivity contribution >= 4 is 76.2 Å². The zero-order valence-electron chi connectivity index (χ0n) is 27.0. The van der Waals surface area contributed by atoms with E-state index in [0.29, 0.717) is 0 Å². The molecule has 9 aromatic carbocycles. The van der Waals surface area contributed by atoms with E-state index in [2.05, 4.69) is 158 Å². The summed E-state index contributed by atoms with van der Waals surface area (Å²) < 4.78 is 13.4. The van der Waals surface area contributed by atoms with E-state index in [0.717, 1.165) is 55.0 Å². The van der Waals surface area contributed by atoms with Gasteiger partial charge in [-0.1, -0.05) is 140 Å². The molecule has 0 radical (unpaired) electrons. The molecule has 232 valence electrons. The van der Waals surface area contributed by atoms with E-state index >= 15 is 0 Å². The van der Waals surface area contributed by atoms with Gasteiger partial charge in [0.25, 0.3) is 0 Å². The third kappa shape index (κ3) is 3.85. The Hall–Kier alpha value is -6.64. The Labute approximate surface area is 287 Å². The van der Waals surface area contributed by atoms with Crippen molar-refractivity contribution in [3.63, 3.8) is 0 Å². The van der Waals surface area contributed by atoms with Crippen LogP contribution < -0.4 is 0 Å². The second-order valence-corrected chi connectivity index (χ2v) is 13.1. The van der Waals surface area contributed by atoms with E-state index in [4.69, 9.17) is 8.83 Å². The number of fused-ring (bicyclic) bond motifs is 9. The molecule has 2 aromatic heterocycles. The van der Waals surface area contributed by atoms with Gasteiger partial charge in [-0.3, -0.25) is 0 Å². The van der Waals surface area contributed by atoms with Crippen LogP contribution in [0.5, 0.6) is 0 Å². The lowest BCUT2D eigenvalue weighted by atomic mass is 9.83. The summed E-state index contributed by atoms with van der Waals surface area (Å²) in [7, 11) is 0. The lowest BCUT2D eigenvalue weighted by Crippen LogP contribution is -1.92. The first-order valence-electron chi connectivity index (χ1n) is 17.1. The SMILES string of the molecule is c1ccc(-c2c3ccccc3c(-c3cc(-c4c5oc6ccccc6c5cc5oc6ccccc6c45)cc4ccccc34)c3ccccc23)cc1. The maximum atomic E-state index is 6.79. The Morgan fingerprint density at radius 1 is 0.300 bits per heavy atom. The van der Waals surface area contributed by atoms with Crippen LogP contribution in [0.2, 0.25) is 0 Å². The van der Waals surface area contributed by atoms with Crippen LogP contribution in [0.3, 0.4) is 0 Å². The van der Waals surface area contributed by atoms with E-state index in [1.807, 2.05) is 12.1 Å². The van der Waals surface area contributed by atoms with Crippen LogP contribution in [-0.2, 0) is 0 Å². The highest BCUT2D eigenvalue weighted by Crippen LogP contribution is 2.49. The highest BCUT2D eigenvalue weighted by atomic mass is 16.3. The minimum atomic E-state index is 0.859. The van der Waals surface area contributed by atoms with Gasteiger partial charge >= 0.3 is 0 Å². The smallest absolute Gasteiger partial charge is 0.144 e. The summed E-state index contributed by atoms with van der Waals surface area (Å²) in [4.78, 5) is 0. The average molecular weight is 637 g/mol. The van der Waals surface area contributed by atoms with E-state index < -0.39 is 0 Å². The molecule has 2 heteroatoms. The largest absolute Gasteiger partial charge is 0.456 e. The van der Waals surface area contributed by atoms with Crippen molar-refractivity contribution in [3.05, 3.63) is 170 Å². The summed E-state index contributed by atoms with van der Waals surface area (Å²) in [5.41, 5.74) is 10.5. The van der Waals surface area contributed by atoms with Crippen LogP contribution >= 0.6 is 0 Å². The molecule has 0 bridgehead atoms. The number of hydrogen-bond donors (Lipinski definition) is 0. The van der Waals surface area contributed by atoms with Gasteiger partial charge in [0, 0.05) is 27.1 Å². The van der Waals surface area contributed by atoms with Gasteiger partial charge in [-0.05, 0) is 90.5 Å². The Bertz CT molecular complexity index is 3080. The summed E-state index contributed by atoms with van der Waals surface area (Å²) >= 11 is 0. The Morgan fingerprint density at radius 3 is 1.54 bits per heavy atom. The summed E-state index contributed by atoms with van der Waals surface area (Å²) in [5, 5.41) is 11.6. The van der Waals surface area contributed by atoms with E-state index in [1.54, 1.807) is 0 Å². The Kier molecular flexibility index (Phi) is 5.70. The topological polar surface area (TPSA) is 26.3 Å². The normalized spacial score (nSPS) is 12.0. The van der Waals surface area contributed by atoms with Gasteiger partial charge in [-0.2, -0.15) is 0 Å². The molecular formula is C48H28O2. The van der Waals surface area contributed by atoms with Crippen LogP contribution in [0.15, 0.2) is 179 Å². The lowest BCUT2D eigenvalue weighted by molar-refractivity contribution is 0.664. The fourth-order valence-corrected chi connectivity index (χ4v) is 8.33. The quantitative estimate of drug-likeness (QED) is 0.180. The lowest BCUT2D eigenvalue weighted by Gasteiger charge is -2.20. The Morgan fingerprint density at radius 2 is 0.840 bits per heavy atom. The van der Waals surface area contributed by atoms with E-state index in [1.165, 1.54) is 54.6 Å². The minimum absolute atomic E-state index is 0.859. The second kappa shape index (κ2) is 10.4. The fraction of sp³-hybridized carbons (Fsp3) is 0. The van der Waals surface area contributed by atoms with Crippen LogP contribution in [0.4, 0.5) is 0 Å². The highest BCUT2D eigenvalue weighted by molar-refractivity contribution is 6.26. The van der Waals surface area contributed by atoms with Gasteiger partial charge in [0.2, 0.25) is 0 Å². The van der Waals surface area contributed by atoms with Gasteiger partial charge < -0.3 is 8.83 Å². The van der Waals surface area contributed by atoms with Gasteiger partial charge in [0.05, 0.1) is 0 Å². The first kappa shape index (κ1) is 27.3. The molecule has 0 aliphatic heterocycles. The molecule has 0 spiro atoms. The maximum Gasteiger partial charge on any atom is 0.144 e. The maximum absolute atomic E-state index is 6.79. The van der Waals surface area contributed by atoms with Crippen LogP contribution in [0.25, 0.3) is 110 Å². The van der Waals surface area contributed by atoms with Gasteiger partial charge in [0.1, 0.15) is 22.3 Å². The molecule has 0 N–H and O–H groups in total. The average Bonchev–Trinajstić information content (AvgIpc) is 3.74. The fourth-order valence-electron chi connectivity index (χ4n) is 8.33. The number of para-hydroxylation sites is 2. The molecule has 0 aliphatic carbocycles. The number of furan rings is 2. The predicted octanol–water partition coefficient (Wildman–Crippen LogP) is 13.9. The van der Waals surface area contributed by atoms with Gasteiger partial charge in [-0.15, -0.1) is 0 Å². The van der Waals surface area contributed by atoms with Crippen LogP contribution in [0, 0.1) is 0 Å². The molecule has 0 saturated carbocycles. The molecule has 0 fully saturated rings. The van der Waals surface area contributed by atoms with Crippen LogP contribution in [-0.4, -0.2) is 0 Å². The molecule has 0 aliphatic rings. The van der Waals surface area contributed by atoms with Crippen molar-refractivity contribution in [1.82, 2.24) is 0 Å². The molecule has 0 unspecified atom stereocenters. The van der Waals surface area contributed by atoms with E-state index in [9.17, 15) is 0 Å². The summed E-state index contributed by atoms with van der Waals surface area (Å²) in [6.45, 7) is 0. The van der Waals surface area contributed by atoms with Crippen molar-refractivity contribution in [2.75, 3.05) is 0 Å². The van der Waals surface area contributed by atoms with Crippen molar-refractivity contribution in [1.29, 1.82) is 0 Å². The molecule has 0 saturated heterocycles. The molecule has 11 rings (SSSR count). The van der Waals surface area contributed by atoms with Crippen molar-refractivity contribution in [2.45, 2.75) is 0 Å². The standard InChI is InChI=1S/C48H28O2/c1-2-14-29(15-3-1)44-34-19-6-8-21-36(34)46(37-22-9-7-20-35(37)44)39-27-31(26-30-16-4-5-17-32(30)39)45-47-38-23-11-13-25-42(38)49-43(47)28-40-33-18-10-12-24-41(33)50-48(40)45/h1-28H. The van der Waals surface area contributed by atoms with Gasteiger partial charge in [-0.25, -0.2) is 0 Å². The molecule has 2 heterocycles. The highest BCUT2D eigenvalue weighted by Gasteiger charge is 2.23. The second-order valence-electron chi connectivity index (χ2n) is 13.1. The predicted molar refractivity (Wildman–Crippen MR) is 210 cm³/mol. The van der Waals surface area contributed by atoms with Crippen molar-refractivity contribution < 1.29 is 8.83 Å². The van der Waals surface area contributed by atoms with Crippen molar-refractivity contribution in [2.24, 2.45) is 0 Å². The molecule has 0 atom stereocenters. The molecular weight excluding hydrogens is 609 g/mol. The van der Waals surface area contributed by atoms with Crippen LogP contribution in [0.1, 0.15) is 0 Å². The molecule has 11 aromatic rings. The monoisotopic (exact) mass is 636 g/mol. The zero-order chi connectivity index (χ0) is 32.8. The first-order valence-corrected chi connectivity index (χ1v) is 17.1. The first-order chi connectivity index (χ1) is 24.8. The minimum Gasteiger partial charge on any atom is -0.456 e. The number of benzene rings is 9.